The summed E-state index contributed by atoms with van der Waals surface area (Å²) in [6.07, 6.45) is 3.50. The van der Waals surface area contributed by atoms with E-state index in [1.807, 2.05) is 0 Å². The summed E-state index contributed by atoms with van der Waals surface area (Å²) >= 11 is 1.75. The minimum atomic E-state index is 0.556. The lowest BCUT2D eigenvalue weighted by Crippen LogP contribution is -2.25. The van der Waals surface area contributed by atoms with Crippen molar-refractivity contribution in [2.24, 2.45) is 0 Å². The number of hydrogen-bond acceptors (Lipinski definition) is 4. The van der Waals surface area contributed by atoms with Crippen LogP contribution in [0.15, 0.2) is 5.38 Å². The van der Waals surface area contributed by atoms with Crippen LogP contribution in [0.1, 0.15) is 39.3 Å². The quantitative estimate of drug-likeness (QED) is 0.774. The second kappa shape index (κ2) is 7.67. The Bertz CT molecular complexity index is 309. The monoisotopic (exact) mass is 255 g/mol. The molecule has 1 N–H and O–H groups in total. The standard InChI is InChI=1S/C13H25N3S/c1-5-6-9-16(4)13-15-12(10-17-13)7-8-14-11(2)3/h10-11,14H,5-9H2,1-4H3. The van der Waals surface area contributed by atoms with Gasteiger partial charge in [0.2, 0.25) is 0 Å². The van der Waals surface area contributed by atoms with Crippen LogP contribution < -0.4 is 10.2 Å². The van der Waals surface area contributed by atoms with Crippen molar-refractivity contribution in [3.8, 4) is 0 Å². The van der Waals surface area contributed by atoms with Crippen molar-refractivity contribution in [3.05, 3.63) is 11.1 Å². The first-order valence-corrected chi connectivity index (χ1v) is 7.40. The SMILES string of the molecule is CCCCN(C)c1nc(CCNC(C)C)cs1. The molecule has 0 bridgehead atoms. The molecular formula is C13H25N3S. The topological polar surface area (TPSA) is 28.2 Å². The summed E-state index contributed by atoms with van der Waals surface area (Å²) in [6.45, 7) is 8.68. The lowest BCUT2D eigenvalue weighted by atomic mass is 10.3. The molecule has 1 aromatic heterocycles. The number of nitrogens with one attached hydrogen (secondary N) is 1. The van der Waals surface area contributed by atoms with Crippen LogP contribution in [0.3, 0.4) is 0 Å². The highest BCUT2D eigenvalue weighted by atomic mass is 32.1. The van der Waals surface area contributed by atoms with Gasteiger partial charge in [-0.05, 0) is 6.42 Å². The van der Waals surface area contributed by atoms with Gasteiger partial charge in [0.25, 0.3) is 0 Å². The average molecular weight is 255 g/mol. The number of unbranched alkanes of at least 4 members (excludes halogenated alkanes) is 1. The summed E-state index contributed by atoms with van der Waals surface area (Å²) in [5.41, 5.74) is 1.21. The van der Waals surface area contributed by atoms with Gasteiger partial charge in [0.15, 0.2) is 5.13 Å². The fraction of sp³-hybridized carbons (Fsp3) is 0.769. The van der Waals surface area contributed by atoms with Gasteiger partial charge in [-0.25, -0.2) is 4.98 Å². The highest BCUT2D eigenvalue weighted by molar-refractivity contribution is 7.13. The summed E-state index contributed by atoms with van der Waals surface area (Å²) in [5, 5.41) is 6.75. The van der Waals surface area contributed by atoms with E-state index < -0.39 is 0 Å². The van der Waals surface area contributed by atoms with E-state index in [0.29, 0.717) is 6.04 Å². The minimum absolute atomic E-state index is 0.556. The summed E-state index contributed by atoms with van der Waals surface area (Å²) in [7, 11) is 2.13. The van der Waals surface area contributed by atoms with E-state index in [1.165, 1.54) is 18.5 Å². The van der Waals surface area contributed by atoms with E-state index in [9.17, 15) is 0 Å². The molecule has 0 spiro atoms. The second-order valence-corrected chi connectivity index (χ2v) is 5.59. The van der Waals surface area contributed by atoms with Crippen LogP contribution in [0.5, 0.6) is 0 Å². The molecular weight excluding hydrogens is 230 g/mol. The number of hydrogen-bond donors (Lipinski definition) is 1. The summed E-state index contributed by atoms with van der Waals surface area (Å²) in [5.74, 6) is 0. The van der Waals surface area contributed by atoms with Gasteiger partial charge in [0.05, 0.1) is 5.69 Å². The molecule has 1 heterocycles. The van der Waals surface area contributed by atoms with Crippen LogP contribution in [-0.4, -0.2) is 31.2 Å². The molecule has 0 radical (unpaired) electrons. The van der Waals surface area contributed by atoms with Crippen molar-refractivity contribution in [1.29, 1.82) is 0 Å². The van der Waals surface area contributed by atoms with Gasteiger partial charge >= 0.3 is 0 Å². The highest BCUT2D eigenvalue weighted by Crippen LogP contribution is 2.19. The van der Waals surface area contributed by atoms with Gasteiger partial charge in [0, 0.05) is 38.0 Å². The Hall–Kier alpha value is -0.610. The van der Waals surface area contributed by atoms with Gasteiger partial charge in [-0.3, -0.25) is 0 Å². The zero-order valence-electron chi connectivity index (χ0n) is 11.5. The summed E-state index contributed by atoms with van der Waals surface area (Å²) in [6, 6.07) is 0.556. The fourth-order valence-electron chi connectivity index (χ4n) is 1.57. The van der Waals surface area contributed by atoms with Crippen molar-refractivity contribution in [2.45, 2.75) is 46.1 Å². The average Bonchev–Trinajstić information content (AvgIpc) is 2.74. The molecule has 0 saturated heterocycles. The van der Waals surface area contributed by atoms with Crippen LogP contribution in [0.25, 0.3) is 0 Å². The van der Waals surface area contributed by atoms with Gasteiger partial charge in [-0.15, -0.1) is 11.3 Å². The third-order valence-corrected chi connectivity index (χ3v) is 3.65. The predicted octanol–water partition coefficient (Wildman–Crippen LogP) is 2.92. The molecule has 17 heavy (non-hydrogen) atoms. The van der Waals surface area contributed by atoms with E-state index in [4.69, 9.17) is 0 Å². The van der Waals surface area contributed by atoms with Gasteiger partial charge in [0.1, 0.15) is 0 Å². The maximum absolute atomic E-state index is 4.66. The lowest BCUT2D eigenvalue weighted by molar-refractivity contribution is 0.588. The largest absolute Gasteiger partial charge is 0.351 e. The van der Waals surface area contributed by atoms with E-state index in [2.05, 4.69) is 48.4 Å². The molecule has 0 amide bonds. The first-order valence-electron chi connectivity index (χ1n) is 6.52. The zero-order valence-corrected chi connectivity index (χ0v) is 12.3. The normalized spacial score (nSPS) is 11.1. The van der Waals surface area contributed by atoms with Crippen molar-refractivity contribution in [3.63, 3.8) is 0 Å². The van der Waals surface area contributed by atoms with Crippen molar-refractivity contribution in [2.75, 3.05) is 25.0 Å². The van der Waals surface area contributed by atoms with E-state index in [-0.39, 0.29) is 0 Å². The predicted molar refractivity (Wildman–Crippen MR) is 77.1 cm³/mol. The van der Waals surface area contributed by atoms with E-state index in [1.54, 1.807) is 11.3 Å². The van der Waals surface area contributed by atoms with E-state index >= 15 is 0 Å². The molecule has 0 unspecified atom stereocenters. The van der Waals surface area contributed by atoms with Crippen molar-refractivity contribution < 1.29 is 0 Å². The number of thiazole rings is 1. The van der Waals surface area contributed by atoms with Crippen LogP contribution in [0.4, 0.5) is 5.13 Å². The van der Waals surface area contributed by atoms with E-state index in [0.717, 1.165) is 24.6 Å². The third-order valence-electron chi connectivity index (χ3n) is 2.65. The molecule has 0 aliphatic rings. The molecule has 0 saturated carbocycles. The fourth-order valence-corrected chi connectivity index (χ4v) is 2.42. The number of rotatable bonds is 8. The lowest BCUT2D eigenvalue weighted by Gasteiger charge is -2.14. The van der Waals surface area contributed by atoms with Crippen molar-refractivity contribution >= 4 is 16.5 Å². The molecule has 4 heteroatoms. The first kappa shape index (κ1) is 14.5. The minimum Gasteiger partial charge on any atom is -0.351 e. The van der Waals surface area contributed by atoms with Crippen LogP contribution in [0, 0.1) is 0 Å². The van der Waals surface area contributed by atoms with Crippen molar-refractivity contribution in [1.82, 2.24) is 10.3 Å². The molecule has 1 aromatic rings. The Kier molecular flexibility index (Phi) is 6.52. The Morgan fingerprint density at radius 1 is 1.47 bits per heavy atom. The molecule has 0 atom stereocenters. The van der Waals surface area contributed by atoms with Gasteiger partial charge in [-0.1, -0.05) is 27.2 Å². The molecule has 0 aliphatic carbocycles. The smallest absolute Gasteiger partial charge is 0.185 e. The number of anilines is 1. The zero-order chi connectivity index (χ0) is 12.7. The first-order chi connectivity index (χ1) is 8.13. The second-order valence-electron chi connectivity index (χ2n) is 4.76. The number of aromatic nitrogens is 1. The number of nitrogens with zero attached hydrogens (tertiary/aromatic N) is 2. The van der Waals surface area contributed by atoms with Gasteiger partial charge < -0.3 is 10.2 Å². The Morgan fingerprint density at radius 3 is 2.88 bits per heavy atom. The summed E-state index contributed by atoms with van der Waals surface area (Å²) in [4.78, 5) is 6.92. The molecule has 1 rings (SSSR count). The third kappa shape index (κ3) is 5.50. The molecule has 0 aliphatic heterocycles. The van der Waals surface area contributed by atoms with Crippen LogP contribution in [-0.2, 0) is 6.42 Å². The Labute approximate surface area is 109 Å². The Morgan fingerprint density at radius 2 is 2.24 bits per heavy atom. The molecule has 0 aromatic carbocycles. The molecule has 98 valence electrons. The maximum atomic E-state index is 4.66. The molecule has 3 nitrogen and oxygen atoms in total. The highest BCUT2D eigenvalue weighted by Gasteiger charge is 2.06. The van der Waals surface area contributed by atoms with Crippen LogP contribution in [0.2, 0.25) is 0 Å². The molecule has 0 fully saturated rings. The van der Waals surface area contributed by atoms with Gasteiger partial charge in [-0.2, -0.15) is 0 Å². The summed E-state index contributed by atoms with van der Waals surface area (Å²) < 4.78 is 0. The Balaban J connectivity index is 2.36. The maximum Gasteiger partial charge on any atom is 0.185 e. The van der Waals surface area contributed by atoms with Crippen LogP contribution >= 0.6 is 11.3 Å².